The second-order valence-corrected chi connectivity index (χ2v) is 8.95. The summed E-state index contributed by atoms with van der Waals surface area (Å²) in [5, 5.41) is 2.69. The number of carbonyl (C=O) groups excluding carboxylic acids is 2. The molecule has 0 saturated carbocycles. The summed E-state index contributed by atoms with van der Waals surface area (Å²) in [5.41, 5.74) is 0.808. The molecule has 1 aliphatic heterocycles. The Balaban J connectivity index is 2.05. The highest BCUT2D eigenvalue weighted by molar-refractivity contribution is 7.88. The Morgan fingerprint density at radius 2 is 2.00 bits per heavy atom. The molecule has 1 unspecified atom stereocenters. The van der Waals surface area contributed by atoms with Gasteiger partial charge in [-0.05, 0) is 37.5 Å². The number of amides is 2. The number of anilines is 1. The number of nitrogens with one attached hydrogen (secondary N) is 1. The van der Waals surface area contributed by atoms with Crippen LogP contribution in [0.3, 0.4) is 0 Å². The average Bonchev–Trinajstić information content (AvgIpc) is 2.64. The minimum absolute atomic E-state index is 0.0913. The van der Waals surface area contributed by atoms with Crippen molar-refractivity contribution in [2.45, 2.75) is 32.5 Å². The lowest BCUT2D eigenvalue weighted by atomic mass is 9.98. The molecule has 0 aliphatic carbocycles. The standard InChI is InChI=1S/C18H24F3N3O4S/c1-3-23(17(26)18(19,20)21)11-13-6-4-8-15(10-13)22-16(25)14-7-5-9-24(12-14)29(2,27)28/h4,6,8,10,14H,3,5,7,9,11-12H2,1-2H3,(H,22,25). The topological polar surface area (TPSA) is 86.8 Å². The monoisotopic (exact) mass is 435 g/mol. The van der Waals surface area contributed by atoms with Crippen molar-refractivity contribution in [3.63, 3.8) is 0 Å². The molecule has 1 fully saturated rings. The van der Waals surface area contributed by atoms with Crippen LogP contribution in [0, 0.1) is 5.92 Å². The van der Waals surface area contributed by atoms with Crippen molar-refractivity contribution < 1.29 is 31.2 Å². The molecule has 1 saturated heterocycles. The molecule has 0 bridgehead atoms. The first kappa shape index (κ1) is 23.1. The fraction of sp³-hybridized carbons (Fsp3) is 0.556. The highest BCUT2D eigenvalue weighted by Crippen LogP contribution is 2.23. The van der Waals surface area contributed by atoms with Gasteiger partial charge in [-0.25, -0.2) is 12.7 Å². The zero-order valence-electron chi connectivity index (χ0n) is 16.2. The van der Waals surface area contributed by atoms with Crippen LogP contribution in [0.5, 0.6) is 0 Å². The Morgan fingerprint density at radius 3 is 2.59 bits per heavy atom. The molecule has 1 aromatic rings. The van der Waals surface area contributed by atoms with Crippen molar-refractivity contribution in [2.75, 3.05) is 31.2 Å². The van der Waals surface area contributed by atoms with Crippen molar-refractivity contribution in [2.24, 2.45) is 5.92 Å². The molecule has 1 atom stereocenters. The largest absolute Gasteiger partial charge is 0.471 e. The molecule has 29 heavy (non-hydrogen) atoms. The van der Waals surface area contributed by atoms with Crippen LogP contribution < -0.4 is 5.32 Å². The lowest BCUT2D eigenvalue weighted by Crippen LogP contribution is -2.43. The van der Waals surface area contributed by atoms with E-state index in [1.54, 1.807) is 18.2 Å². The number of rotatable bonds is 6. The Hall–Kier alpha value is -2.14. The summed E-state index contributed by atoms with van der Waals surface area (Å²) in [6.45, 7) is 1.56. The molecule has 1 aliphatic rings. The van der Waals surface area contributed by atoms with Crippen LogP contribution in [0.1, 0.15) is 25.3 Å². The second-order valence-electron chi connectivity index (χ2n) is 6.97. The Kier molecular flexibility index (Phi) is 7.28. The molecule has 162 valence electrons. The first-order valence-electron chi connectivity index (χ1n) is 9.13. The number of alkyl halides is 3. The van der Waals surface area contributed by atoms with E-state index in [-0.39, 0.29) is 25.5 Å². The van der Waals surface area contributed by atoms with Gasteiger partial charge in [-0.3, -0.25) is 9.59 Å². The van der Waals surface area contributed by atoms with Gasteiger partial charge in [0.05, 0.1) is 12.2 Å². The third kappa shape index (κ3) is 6.43. The smallest absolute Gasteiger partial charge is 0.331 e. The first-order chi connectivity index (χ1) is 13.4. The van der Waals surface area contributed by atoms with Crippen molar-refractivity contribution in [3.8, 4) is 0 Å². The molecule has 2 amide bonds. The highest BCUT2D eigenvalue weighted by Gasteiger charge is 2.41. The summed E-state index contributed by atoms with van der Waals surface area (Å²) < 4.78 is 62.7. The summed E-state index contributed by atoms with van der Waals surface area (Å²) in [6, 6.07) is 6.22. The summed E-state index contributed by atoms with van der Waals surface area (Å²) >= 11 is 0. The molecular weight excluding hydrogens is 411 g/mol. The molecule has 2 rings (SSSR count). The SMILES string of the molecule is CCN(Cc1cccc(NC(=O)C2CCCN(S(C)(=O)=O)C2)c1)C(=O)C(F)(F)F. The summed E-state index contributed by atoms with van der Waals surface area (Å²) in [6.07, 6.45) is -2.75. The third-order valence-corrected chi connectivity index (χ3v) is 5.97. The van der Waals surface area contributed by atoms with Crippen molar-refractivity contribution in [3.05, 3.63) is 29.8 Å². The number of piperidine rings is 1. The molecule has 1 N–H and O–H groups in total. The average molecular weight is 435 g/mol. The fourth-order valence-corrected chi connectivity index (χ4v) is 4.09. The van der Waals surface area contributed by atoms with Crippen molar-refractivity contribution >= 4 is 27.5 Å². The van der Waals surface area contributed by atoms with Crippen LogP contribution >= 0.6 is 0 Å². The van der Waals surface area contributed by atoms with Crippen molar-refractivity contribution in [1.29, 1.82) is 0 Å². The first-order valence-corrected chi connectivity index (χ1v) is 11.0. The van der Waals surface area contributed by atoms with E-state index in [9.17, 15) is 31.2 Å². The minimum atomic E-state index is -4.95. The van der Waals surface area contributed by atoms with Gasteiger partial charge in [0.1, 0.15) is 0 Å². The molecule has 1 heterocycles. The number of carbonyl (C=O) groups is 2. The third-order valence-electron chi connectivity index (χ3n) is 4.70. The second kappa shape index (κ2) is 9.12. The Labute approximate surface area is 167 Å². The molecule has 0 radical (unpaired) electrons. The van der Waals surface area contributed by atoms with E-state index in [0.717, 1.165) is 6.26 Å². The number of hydrogen-bond acceptors (Lipinski definition) is 4. The predicted octanol–water partition coefficient (Wildman–Crippen LogP) is 2.21. The Morgan fingerprint density at radius 1 is 1.31 bits per heavy atom. The zero-order valence-corrected chi connectivity index (χ0v) is 17.0. The van der Waals surface area contributed by atoms with Gasteiger partial charge in [0.15, 0.2) is 0 Å². The van der Waals surface area contributed by atoms with Gasteiger partial charge < -0.3 is 10.2 Å². The maximum Gasteiger partial charge on any atom is 0.471 e. The molecule has 0 spiro atoms. The fourth-order valence-electron chi connectivity index (χ4n) is 3.18. The maximum absolute atomic E-state index is 12.7. The number of nitrogens with zero attached hydrogens (tertiary/aromatic N) is 2. The number of hydrogen-bond donors (Lipinski definition) is 1. The highest BCUT2D eigenvalue weighted by atomic mass is 32.2. The van der Waals surface area contributed by atoms with Gasteiger partial charge in [-0.2, -0.15) is 13.2 Å². The van der Waals surface area contributed by atoms with Crippen molar-refractivity contribution in [1.82, 2.24) is 9.21 Å². The number of benzene rings is 1. The van der Waals surface area contributed by atoms with E-state index in [0.29, 0.717) is 35.5 Å². The van der Waals surface area contributed by atoms with Crippen LogP contribution in [-0.4, -0.2) is 61.5 Å². The van der Waals surface area contributed by atoms with Gasteiger partial charge in [0.25, 0.3) is 0 Å². The lowest BCUT2D eigenvalue weighted by Gasteiger charge is -2.30. The van der Waals surface area contributed by atoms with Crippen LogP contribution in [0.15, 0.2) is 24.3 Å². The van der Waals surface area contributed by atoms with Crippen LogP contribution in [0.2, 0.25) is 0 Å². The normalized spacial score (nSPS) is 18.3. The molecular formula is C18H24F3N3O4S. The molecule has 7 nitrogen and oxygen atoms in total. The minimum Gasteiger partial charge on any atom is -0.331 e. The summed E-state index contributed by atoms with van der Waals surface area (Å²) in [5.74, 6) is -2.78. The maximum atomic E-state index is 12.7. The van der Waals surface area contributed by atoms with E-state index in [1.807, 2.05) is 0 Å². The zero-order chi connectivity index (χ0) is 21.8. The Bertz CT molecular complexity index is 858. The van der Waals surface area contributed by atoms with Gasteiger partial charge in [-0.1, -0.05) is 12.1 Å². The summed E-state index contributed by atoms with van der Waals surface area (Å²) in [7, 11) is -3.38. The molecule has 0 aromatic heterocycles. The molecule has 11 heteroatoms. The molecule has 1 aromatic carbocycles. The van der Waals surface area contributed by atoms with E-state index in [4.69, 9.17) is 0 Å². The number of halogens is 3. The van der Waals surface area contributed by atoms with Gasteiger partial charge >= 0.3 is 12.1 Å². The van der Waals surface area contributed by atoms with Gasteiger partial charge in [0.2, 0.25) is 15.9 Å². The van der Waals surface area contributed by atoms with E-state index < -0.39 is 28.0 Å². The van der Waals surface area contributed by atoms with Gasteiger partial charge in [0, 0.05) is 31.9 Å². The van der Waals surface area contributed by atoms with Crippen LogP contribution in [-0.2, 0) is 26.2 Å². The van der Waals surface area contributed by atoms with Gasteiger partial charge in [-0.15, -0.1) is 0 Å². The van der Waals surface area contributed by atoms with E-state index in [1.165, 1.54) is 17.3 Å². The van der Waals surface area contributed by atoms with E-state index >= 15 is 0 Å². The number of sulfonamides is 1. The summed E-state index contributed by atoms with van der Waals surface area (Å²) in [4.78, 5) is 24.7. The quantitative estimate of drug-likeness (QED) is 0.742. The van der Waals surface area contributed by atoms with Crippen LogP contribution in [0.4, 0.5) is 18.9 Å². The lowest BCUT2D eigenvalue weighted by molar-refractivity contribution is -0.185. The van der Waals surface area contributed by atoms with Crippen LogP contribution in [0.25, 0.3) is 0 Å². The predicted molar refractivity (Wildman–Crippen MR) is 101 cm³/mol. The van der Waals surface area contributed by atoms with E-state index in [2.05, 4.69) is 5.32 Å².